The minimum absolute atomic E-state index is 0.0463. The number of rotatable bonds is 13. The van der Waals surface area contributed by atoms with Crippen LogP contribution in [-0.4, -0.2) is 54.6 Å². The van der Waals surface area contributed by atoms with Gasteiger partial charge in [0, 0.05) is 22.7 Å². The van der Waals surface area contributed by atoms with Crippen LogP contribution in [0.1, 0.15) is 73.6 Å². The van der Waals surface area contributed by atoms with Gasteiger partial charge in [0.25, 0.3) is 0 Å². The van der Waals surface area contributed by atoms with Gasteiger partial charge in [0.05, 0.1) is 38.1 Å². The van der Waals surface area contributed by atoms with Crippen molar-refractivity contribution in [3.8, 4) is 0 Å². The fraction of sp³-hybridized carbons (Fsp3) is 0.435. The second-order valence-electron chi connectivity index (χ2n) is 16.3. The van der Waals surface area contributed by atoms with Gasteiger partial charge in [-0.2, -0.15) is 0 Å². The van der Waals surface area contributed by atoms with E-state index in [1.807, 2.05) is 62.1 Å². The Balaban J connectivity index is 0.000000254. The number of hydrogen-bond acceptors (Lipinski definition) is 5. The van der Waals surface area contributed by atoms with E-state index in [9.17, 15) is 0 Å². The van der Waals surface area contributed by atoms with Crippen molar-refractivity contribution in [1.29, 1.82) is 0 Å². The highest BCUT2D eigenvalue weighted by Gasteiger charge is 2.31. The molecular weight excluding hydrogens is 741 g/mol. The van der Waals surface area contributed by atoms with Gasteiger partial charge < -0.3 is 13.9 Å². The summed E-state index contributed by atoms with van der Waals surface area (Å²) < 4.78 is 20.2. The Bertz CT molecular complexity index is 1720. The minimum atomic E-state index is -1.65. The average molecular weight is 807 g/mol. The van der Waals surface area contributed by atoms with Crippen molar-refractivity contribution >= 4 is 16.6 Å². The predicted molar refractivity (Wildman–Crippen MR) is 244 cm³/mol. The first-order chi connectivity index (χ1) is 27.1. The van der Waals surface area contributed by atoms with Gasteiger partial charge in [-0.1, -0.05) is 180 Å². The second-order valence-corrected chi connectivity index (χ2v) is 25.3. The van der Waals surface area contributed by atoms with E-state index in [4.69, 9.17) is 25.0 Å². The van der Waals surface area contributed by atoms with Crippen molar-refractivity contribution in [1.82, 2.24) is 0 Å². The van der Waals surface area contributed by atoms with Gasteiger partial charge in [-0.25, -0.2) is 0 Å². The smallest absolute Gasteiger partial charge is 0.184 e. The molecule has 4 aromatic rings. The Morgan fingerprint density at radius 1 is 0.649 bits per heavy atom. The molecule has 57 heavy (non-hydrogen) atoms. The molecule has 0 N–H and O–H groups in total. The topological polar surface area (TPSA) is 132 Å². The lowest BCUT2D eigenvalue weighted by atomic mass is 9.95. The monoisotopic (exact) mass is 806 g/mol. The minimum Gasteiger partial charge on any atom is -0.414 e. The van der Waals surface area contributed by atoms with E-state index in [1.165, 1.54) is 22.3 Å². The Hall–Kier alpha value is -4.45. The maximum absolute atomic E-state index is 8.48. The first-order valence-electron chi connectivity index (χ1n) is 19.9. The molecule has 0 aliphatic carbocycles. The van der Waals surface area contributed by atoms with Gasteiger partial charge in [-0.05, 0) is 63.8 Å². The summed E-state index contributed by atoms with van der Waals surface area (Å²) in [6, 6.07) is 41.6. The normalized spacial score (nSPS) is 17.6. The third kappa shape index (κ3) is 21.6. The fourth-order valence-electron chi connectivity index (χ4n) is 5.50. The molecule has 0 amide bonds. The summed E-state index contributed by atoms with van der Waals surface area (Å²) in [7, 11) is -3.10. The second kappa shape index (κ2) is 25.7. The summed E-state index contributed by atoms with van der Waals surface area (Å²) in [5.74, 6) is 1.83. The van der Waals surface area contributed by atoms with Crippen LogP contribution in [0.2, 0.25) is 39.3 Å². The molecule has 2 fully saturated rings. The molecule has 306 valence electrons. The summed E-state index contributed by atoms with van der Waals surface area (Å²) in [4.78, 5) is 5.54. The molecule has 0 spiro atoms. The van der Waals surface area contributed by atoms with E-state index in [0.29, 0.717) is 36.5 Å². The number of hydrogen-bond donors (Lipinski definition) is 0. The summed E-state index contributed by atoms with van der Waals surface area (Å²) in [5, 5.41) is 3.68. The lowest BCUT2D eigenvalue weighted by Crippen LogP contribution is -2.36. The van der Waals surface area contributed by atoms with Gasteiger partial charge in [-0.3, -0.25) is 0 Å². The fourth-order valence-corrected chi connectivity index (χ4v) is 6.95. The molecule has 0 aromatic heterocycles. The zero-order chi connectivity index (χ0) is 42.3. The molecule has 2 saturated heterocycles. The van der Waals surface area contributed by atoms with E-state index in [-0.39, 0.29) is 12.0 Å². The lowest BCUT2D eigenvalue weighted by molar-refractivity contribution is 0.176. The summed E-state index contributed by atoms with van der Waals surface area (Å²) >= 11 is 0. The molecule has 1 unspecified atom stereocenters. The van der Waals surface area contributed by atoms with Crippen LogP contribution < -0.4 is 0 Å². The molecule has 9 nitrogen and oxygen atoms in total. The quantitative estimate of drug-likeness (QED) is 0.0333. The van der Waals surface area contributed by atoms with E-state index < -0.39 is 16.6 Å². The summed E-state index contributed by atoms with van der Waals surface area (Å²) in [5.41, 5.74) is 21.7. The zero-order valence-corrected chi connectivity index (χ0v) is 37.9. The summed E-state index contributed by atoms with van der Waals surface area (Å²) in [6.07, 6.45) is 2.87. The Morgan fingerprint density at radius 3 is 1.30 bits per heavy atom. The van der Waals surface area contributed by atoms with Crippen molar-refractivity contribution in [2.45, 2.75) is 109 Å². The SMILES string of the molecule is C=C[C@H](C)c1ccccc1.C[C@H](c1ccccc1)C1CO1.C[C@H](c1ccccc1)[C@H](CN=[N+]=[N-])O[Si](C)(C)C.C[C@H](c1ccccc1)[C@H]1CO1.C[Si](C)(C)N=[N+]=[N-]. The first kappa shape index (κ1) is 48.7. The molecule has 2 heterocycles. The molecule has 0 bridgehead atoms. The molecule has 11 heteroatoms. The third-order valence-electron chi connectivity index (χ3n) is 9.22. The molecule has 0 radical (unpaired) electrons. The summed E-state index contributed by atoms with van der Waals surface area (Å²) in [6.45, 7) is 27.1. The largest absolute Gasteiger partial charge is 0.414 e. The average Bonchev–Trinajstić information content (AvgIpc) is 4.15. The van der Waals surface area contributed by atoms with Crippen molar-refractivity contribution in [3.63, 3.8) is 0 Å². The van der Waals surface area contributed by atoms with Crippen molar-refractivity contribution in [3.05, 3.63) is 177 Å². The number of azide groups is 2. The van der Waals surface area contributed by atoms with Crippen LogP contribution in [0.3, 0.4) is 0 Å². The van der Waals surface area contributed by atoms with Crippen molar-refractivity contribution in [2.24, 2.45) is 9.89 Å². The highest BCUT2D eigenvalue weighted by atomic mass is 28.4. The van der Waals surface area contributed by atoms with E-state index in [1.54, 1.807) is 0 Å². The van der Waals surface area contributed by atoms with Crippen LogP contribution in [-0.2, 0) is 13.9 Å². The highest BCUT2D eigenvalue weighted by molar-refractivity contribution is 6.74. The Morgan fingerprint density at radius 2 is 1.02 bits per heavy atom. The maximum Gasteiger partial charge on any atom is 0.184 e. The molecular formula is C46H66N6O3Si2. The zero-order valence-electron chi connectivity index (χ0n) is 35.9. The Kier molecular flexibility index (Phi) is 22.0. The molecule has 2 aliphatic heterocycles. The van der Waals surface area contributed by atoms with Gasteiger partial charge in [-0.15, -0.1) is 11.4 Å². The van der Waals surface area contributed by atoms with Crippen LogP contribution in [0, 0.1) is 0 Å². The van der Waals surface area contributed by atoms with Crippen molar-refractivity contribution in [2.75, 3.05) is 19.8 Å². The van der Waals surface area contributed by atoms with E-state index in [2.05, 4.69) is 159 Å². The first-order valence-corrected chi connectivity index (χ1v) is 26.8. The molecule has 4 aromatic carbocycles. The van der Waals surface area contributed by atoms with Crippen LogP contribution in [0.25, 0.3) is 20.9 Å². The standard InChI is InChI=1S/C13H21N3OSi.2C10H12O.C10H12.C3H9N3Si/c1-11(12-8-6-5-7-9-12)13(10-15-16-14)17-18(2,3)4;2*1-8(10-7-11-10)9-5-3-2-4-6-9;1-3-9(2)10-7-5-4-6-8-10;1-7(2,3)6-5-4/h5-9,11,13H,10H2,1-4H3;2*2-6,8,10H,7H2,1H3;3-9H,1H2,2H3;1-3H3/t11-,13+;8-,10?;8-,10-;9-;/m1110./s1. The van der Waals surface area contributed by atoms with Crippen LogP contribution in [0.4, 0.5) is 0 Å². The number of epoxide rings is 2. The molecule has 7 atom stereocenters. The van der Waals surface area contributed by atoms with Gasteiger partial charge in [0.15, 0.2) is 8.32 Å². The van der Waals surface area contributed by atoms with Crippen LogP contribution in [0.5, 0.6) is 0 Å². The van der Waals surface area contributed by atoms with Gasteiger partial charge in [0.1, 0.15) is 8.24 Å². The molecule has 6 rings (SSSR count). The number of ether oxygens (including phenoxy) is 2. The Labute approximate surface area is 345 Å². The van der Waals surface area contributed by atoms with Crippen LogP contribution >= 0.6 is 0 Å². The molecule has 2 aliphatic rings. The van der Waals surface area contributed by atoms with Gasteiger partial charge in [0.2, 0.25) is 0 Å². The number of nitrogens with zero attached hydrogens (tertiary/aromatic N) is 6. The van der Waals surface area contributed by atoms with E-state index >= 15 is 0 Å². The third-order valence-corrected chi connectivity index (χ3v) is 10.9. The number of allylic oxidation sites excluding steroid dienone is 1. The predicted octanol–water partition coefficient (Wildman–Crippen LogP) is 13.8. The van der Waals surface area contributed by atoms with Crippen LogP contribution in [0.15, 0.2) is 144 Å². The lowest BCUT2D eigenvalue weighted by Gasteiger charge is -2.30. The molecule has 0 saturated carbocycles. The maximum atomic E-state index is 8.48. The van der Waals surface area contributed by atoms with Gasteiger partial charge >= 0.3 is 0 Å². The van der Waals surface area contributed by atoms with E-state index in [0.717, 1.165) is 13.2 Å². The van der Waals surface area contributed by atoms with Crippen molar-refractivity contribution < 1.29 is 13.9 Å². The highest BCUT2D eigenvalue weighted by Crippen LogP contribution is 2.30. The number of benzene rings is 4.